The van der Waals surface area contributed by atoms with Gasteiger partial charge in [0.2, 0.25) is 0 Å². The Balaban J connectivity index is 1.67. The minimum Gasteiger partial charge on any atom is -0.396 e. The third kappa shape index (κ3) is 5.81. The van der Waals surface area contributed by atoms with Gasteiger partial charge < -0.3 is 24.0 Å². The molecule has 1 aromatic carbocycles. The molecule has 182 valence electrons. The summed E-state index contributed by atoms with van der Waals surface area (Å²) in [4.78, 5) is 25.1. The van der Waals surface area contributed by atoms with E-state index in [1.54, 1.807) is 0 Å². The van der Waals surface area contributed by atoms with Crippen LogP contribution in [-0.4, -0.2) is 50.9 Å². The summed E-state index contributed by atoms with van der Waals surface area (Å²) < 4.78 is 70.7. The molecule has 0 aliphatic carbocycles. The number of hydrogen-bond donors (Lipinski definition) is 3. The number of nitrogens with zero attached hydrogens (tertiary/aromatic N) is 1. The quantitative estimate of drug-likeness (QED) is 0.444. The van der Waals surface area contributed by atoms with Crippen LogP contribution in [0.1, 0.15) is 31.2 Å². The van der Waals surface area contributed by atoms with Crippen LogP contribution in [0.2, 0.25) is 0 Å². The summed E-state index contributed by atoms with van der Waals surface area (Å²) >= 11 is 0. The number of aliphatic hydroxyl groups excluding tert-OH is 2. The molecule has 1 unspecified atom stereocenters. The van der Waals surface area contributed by atoms with Crippen molar-refractivity contribution >= 4 is 8.25 Å². The second-order valence-electron chi connectivity index (χ2n) is 7.52. The van der Waals surface area contributed by atoms with Crippen LogP contribution in [0.4, 0.5) is 13.2 Å². The lowest BCUT2D eigenvalue weighted by Gasteiger charge is -2.24. The second-order valence-corrected chi connectivity index (χ2v) is 8.55. The fourth-order valence-corrected chi connectivity index (χ4v) is 4.29. The summed E-state index contributed by atoms with van der Waals surface area (Å²) in [5, 5.41) is 19.5. The highest BCUT2D eigenvalue weighted by Gasteiger charge is 2.55. The predicted octanol–water partition coefficient (Wildman–Crippen LogP) is 1.35. The van der Waals surface area contributed by atoms with Crippen LogP contribution in [0.15, 0.2) is 40.1 Å². The van der Waals surface area contributed by atoms with E-state index < -0.39 is 74.6 Å². The van der Waals surface area contributed by atoms with E-state index in [4.69, 9.17) is 13.8 Å². The fraction of sp³-hybridized carbons (Fsp3) is 0.474. The van der Waals surface area contributed by atoms with E-state index in [1.165, 1.54) is 0 Å². The lowest BCUT2D eigenvalue weighted by Crippen LogP contribution is -2.43. The van der Waals surface area contributed by atoms with Crippen molar-refractivity contribution in [2.45, 2.75) is 43.6 Å². The van der Waals surface area contributed by atoms with Gasteiger partial charge in [-0.2, -0.15) is 0 Å². The summed E-state index contributed by atoms with van der Waals surface area (Å²) in [5.74, 6) is -1.80. The summed E-state index contributed by atoms with van der Waals surface area (Å²) in [6.07, 6.45) is -5.11. The molecule has 1 aliphatic rings. The van der Waals surface area contributed by atoms with Gasteiger partial charge in [-0.1, -0.05) is 0 Å². The molecule has 1 aliphatic heterocycles. The third-order valence-corrected chi connectivity index (χ3v) is 5.95. The van der Waals surface area contributed by atoms with Crippen LogP contribution in [0.3, 0.4) is 0 Å². The van der Waals surface area contributed by atoms with Crippen LogP contribution in [0, 0.1) is 11.6 Å². The molecule has 1 fully saturated rings. The summed E-state index contributed by atoms with van der Waals surface area (Å²) in [6, 6.07) is 3.50. The standard InChI is InChI=1S/C19H22F3N2O8P/c1-19(22)16(27)14(31-17(19)24-4-2-15(26)23-18(24)28)9-30-33(29)32-13(3-5-25)10-6-11(20)8-12(21)7-10/h2,4,6-8,13-14,16-17,25,27,33H,3,5,9H2,1H3,(H,23,26,28)/t13-,14-,16-,17-,19-/m1/s1. The predicted molar refractivity (Wildman–Crippen MR) is 108 cm³/mol. The van der Waals surface area contributed by atoms with Crippen molar-refractivity contribution in [3.8, 4) is 0 Å². The Labute approximate surface area is 185 Å². The Kier molecular flexibility index (Phi) is 7.93. The van der Waals surface area contributed by atoms with E-state index in [-0.39, 0.29) is 12.0 Å². The van der Waals surface area contributed by atoms with Crippen LogP contribution in [-0.2, 0) is 18.3 Å². The van der Waals surface area contributed by atoms with Crippen LogP contribution in [0.5, 0.6) is 0 Å². The molecule has 0 bridgehead atoms. The molecule has 2 aromatic rings. The molecule has 3 rings (SSSR count). The van der Waals surface area contributed by atoms with Crippen molar-refractivity contribution in [3.05, 3.63) is 68.5 Å². The number of hydrogen-bond acceptors (Lipinski definition) is 8. The molecule has 6 atom stereocenters. The molecule has 1 aromatic heterocycles. The van der Waals surface area contributed by atoms with E-state index in [9.17, 15) is 33.1 Å². The first-order valence-electron chi connectivity index (χ1n) is 9.77. The average Bonchev–Trinajstić information content (AvgIpc) is 2.94. The Morgan fingerprint density at radius 3 is 2.58 bits per heavy atom. The largest absolute Gasteiger partial charge is 0.396 e. The van der Waals surface area contributed by atoms with E-state index in [0.29, 0.717) is 6.07 Å². The number of ether oxygens (including phenoxy) is 1. The SMILES string of the molecule is C[C@@]1(F)[C@H](O)[C@@H](CO[PH](=O)O[C@H](CCO)c2cc(F)cc(F)c2)O[C@H]1n1ccc(=O)[nH]c1=O. The highest BCUT2D eigenvalue weighted by atomic mass is 31.1. The highest BCUT2D eigenvalue weighted by molar-refractivity contribution is 7.33. The summed E-state index contributed by atoms with van der Waals surface area (Å²) in [6.45, 7) is -0.0795. The molecular weight excluding hydrogens is 472 g/mol. The number of aromatic amines is 1. The Morgan fingerprint density at radius 2 is 1.97 bits per heavy atom. The molecule has 0 spiro atoms. The maximum Gasteiger partial charge on any atom is 0.330 e. The first-order chi connectivity index (χ1) is 15.5. The Morgan fingerprint density at radius 1 is 1.30 bits per heavy atom. The molecule has 10 nitrogen and oxygen atoms in total. The van der Waals surface area contributed by atoms with Gasteiger partial charge in [-0.15, -0.1) is 0 Å². The van der Waals surface area contributed by atoms with Gasteiger partial charge in [-0.3, -0.25) is 18.9 Å². The number of aliphatic hydroxyl groups is 2. The van der Waals surface area contributed by atoms with Crippen LogP contribution in [0.25, 0.3) is 0 Å². The zero-order valence-corrected chi connectivity index (χ0v) is 18.2. The Hall–Kier alpha value is -2.28. The number of halogens is 3. The zero-order valence-electron chi connectivity index (χ0n) is 17.2. The van der Waals surface area contributed by atoms with Crippen LogP contribution >= 0.6 is 8.25 Å². The number of H-pyrrole nitrogens is 1. The van der Waals surface area contributed by atoms with Gasteiger partial charge in [0.05, 0.1) is 12.7 Å². The van der Waals surface area contributed by atoms with Gasteiger partial charge in [-0.25, -0.2) is 18.0 Å². The monoisotopic (exact) mass is 494 g/mol. The fourth-order valence-electron chi connectivity index (χ4n) is 3.43. The smallest absolute Gasteiger partial charge is 0.330 e. The number of aromatic nitrogens is 2. The third-order valence-electron chi connectivity index (χ3n) is 5.07. The van der Waals surface area contributed by atoms with E-state index >= 15 is 4.39 Å². The lowest BCUT2D eigenvalue weighted by atomic mass is 9.98. The number of benzene rings is 1. The van der Waals surface area contributed by atoms with Crippen molar-refractivity contribution in [2.75, 3.05) is 13.2 Å². The van der Waals surface area contributed by atoms with Crippen molar-refractivity contribution < 1.29 is 41.7 Å². The molecule has 14 heteroatoms. The molecule has 0 radical (unpaired) electrons. The number of rotatable bonds is 9. The topological polar surface area (TPSA) is 140 Å². The first-order valence-corrected chi connectivity index (χ1v) is 11.0. The number of alkyl halides is 1. The second kappa shape index (κ2) is 10.3. The van der Waals surface area contributed by atoms with Gasteiger partial charge in [0.25, 0.3) is 5.56 Å². The van der Waals surface area contributed by atoms with Gasteiger partial charge in [0.1, 0.15) is 23.8 Å². The zero-order chi connectivity index (χ0) is 24.3. The van der Waals surface area contributed by atoms with E-state index in [2.05, 4.69) is 0 Å². The van der Waals surface area contributed by atoms with Gasteiger partial charge >= 0.3 is 13.9 Å². The number of nitrogens with one attached hydrogen (secondary N) is 1. The maximum absolute atomic E-state index is 15.1. The molecule has 1 saturated heterocycles. The van der Waals surface area contributed by atoms with E-state index in [0.717, 1.165) is 35.9 Å². The normalized spacial score (nSPS) is 26.9. The van der Waals surface area contributed by atoms with Gasteiger partial charge in [0.15, 0.2) is 11.9 Å². The maximum atomic E-state index is 15.1. The molecule has 33 heavy (non-hydrogen) atoms. The van der Waals surface area contributed by atoms with E-state index in [1.807, 2.05) is 4.98 Å². The Bertz CT molecular complexity index is 1100. The molecule has 0 saturated carbocycles. The first kappa shape index (κ1) is 25.3. The van der Waals surface area contributed by atoms with Crippen molar-refractivity contribution in [1.82, 2.24) is 9.55 Å². The summed E-state index contributed by atoms with van der Waals surface area (Å²) in [5.41, 5.74) is -4.17. The molecule has 2 heterocycles. The highest BCUT2D eigenvalue weighted by Crippen LogP contribution is 2.42. The molecule has 0 amide bonds. The lowest BCUT2D eigenvalue weighted by molar-refractivity contribution is -0.0594. The molecule has 3 N–H and O–H groups in total. The summed E-state index contributed by atoms with van der Waals surface area (Å²) in [7, 11) is -3.36. The minimum absolute atomic E-state index is 0.0190. The average molecular weight is 494 g/mol. The molecular formula is C19H22F3N2O8P. The van der Waals surface area contributed by atoms with Crippen molar-refractivity contribution in [3.63, 3.8) is 0 Å². The van der Waals surface area contributed by atoms with Crippen molar-refractivity contribution in [1.29, 1.82) is 0 Å². The minimum atomic E-state index is -3.36. The van der Waals surface area contributed by atoms with Gasteiger partial charge in [-0.05, 0) is 24.6 Å². The van der Waals surface area contributed by atoms with Gasteiger partial charge in [0, 0.05) is 31.4 Å². The van der Waals surface area contributed by atoms with Crippen molar-refractivity contribution in [2.24, 2.45) is 0 Å². The van der Waals surface area contributed by atoms with Crippen LogP contribution < -0.4 is 11.2 Å².